The Kier molecular flexibility index (Phi) is 3.11. The molecule has 0 spiro atoms. The first-order chi connectivity index (χ1) is 9.70. The normalized spacial score (nSPS) is 12.1. The topological polar surface area (TPSA) is 30.2 Å². The van der Waals surface area contributed by atoms with E-state index in [0.717, 1.165) is 11.2 Å². The Bertz CT molecular complexity index is 797. The van der Waals surface area contributed by atoms with Gasteiger partial charge in [-0.1, -0.05) is 12.1 Å². The van der Waals surface area contributed by atoms with Crippen LogP contribution < -0.4 is 0 Å². The van der Waals surface area contributed by atoms with E-state index in [9.17, 15) is 0 Å². The molecular formula is C17H17N3. The minimum atomic E-state index is 1.05. The minimum absolute atomic E-state index is 1.05. The predicted molar refractivity (Wildman–Crippen MR) is 81.7 cm³/mol. The van der Waals surface area contributed by atoms with Crippen LogP contribution in [0.2, 0.25) is 0 Å². The molecule has 0 amide bonds. The van der Waals surface area contributed by atoms with E-state index < -0.39 is 0 Å². The number of fused-ring (bicyclic) bond motifs is 1. The molecule has 3 aromatic heterocycles. The van der Waals surface area contributed by atoms with Crippen LogP contribution in [0.5, 0.6) is 0 Å². The summed E-state index contributed by atoms with van der Waals surface area (Å²) < 4.78 is 1.90. The SMILES string of the molecule is C/C=C(/c1ccn2ncc(C)c2c1)c1cccnc1C. The van der Waals surface area contributed by atoms with Gasteiger partial charge in [-0.2, -0.15) is 5.10 Å². The lowest BCUT2D eigenvalue weighted by atomic mass is 9.97. The van der Waals surface area contributed by atoms with Crippen LogP contribution in [-0.2, 0) is 0 Å². The zero-order chi connectivity index (χ0) is 14.1. The molecule has 0 atom stereocenters. The molecule has 0 unspecified atom stereocenters. The lowest BCUT2D eigenvalue weighted by Crippen LogP contribution is -1.95. The molecule has 3 heteroatoms. The Morgan fingerprint density at radius 2 is 2.10 bits per heavy atom. The zero-order valence-corrected chi connectivity index (χ0v) is 12.0. The summed E-state index contributed by atoms with van der Waals surface area (Å²) in [6.07, 6.45) is 7.87. The van der Waals surface area contributed by atoms with Crippen molar-refractivity contribution in [3.63, 3.8) is 0 Å². The number of hydrogen-bond acceptors (Lipinski definition) is 2. The second kappa shape index (κ2) is 4.93. The number of aromatic nitrogens is 3. The lowest BCUT2D eigenvalue weighted by Gasteiger charge is -2.10. The number of hydrogen-bond donors (Lipinski definition) is 0. The third-order valence-electron chi connectivity index (χ3n) is 3.61. The van der Waals surface area contributed by atoms with Gasteiger partial charge >= 0.3 is 0 Å². The fourth-order valence-corrected chi connectivity index (χ4v) is 2.52. The summed E-state index contributed by atoms with van der Waals surface area (Å²) >= 11 is 0. The second-order valence-corrected chi connectivity index (χ2v) is 4.91. The van der Waals surface area contributed by atoms with Crippen molar-refractivity contribution in [2.45, 2.75) is 20.8 Å². The average Bonchev–Trinajstić information content (AvgIpc) is 2.83. The molecular weight excluding hydrogens is 246 g/mol. The van der Waals surface area contributed by atoms with Gasteiger partial charge in [0.15, 0.2) is 0 Å². The molecule has 0 aliphatic carbocycles. The average molecular weight is 263 g/mol. The van der Waals surface area contributed by atoms with Crippen LogP contribution in [0, 0.1) is 13.8 Å². The predicted octanol–water partition coefficient (Wildman–Crippen LogP) is 3.80. The van der Waals surface area contributed by atoms with E-state index in [0.29, 0.717) is 0 Å². The van der Waals surface area contributed by atoms with Gasteiger partial charge in [0.1, 0.15) is 0 Å². The summed E-state index contributed by atoms with van der Waals surface area (Å²) in [6.45, 7) is 6.19. The van der Waals surface area contributed by atoms with Gasteiger partial charge in [-0.15, -0.1) is 0 Å². The van der Waals surface area contributed by atoms with E-state index in [-0.39, 0.29) is 0 Å². The van der Waals surface area contributed by atoms with E-state index in [1.807, 2.05) is 36.1 Å². The van der Waals surface area contributed by atoms with Crippen molar-refractivity contribution >= 4 is 11.1 Å². The first-order valence-electron chi connectivity index (χ1n) is 6.73. The molecule has 0 radical (unpaired) electrons. The van der Waals surface area contributed by atoms with Crippen molar-refractivity contribution in [3.05, 3.63) is 71.3 Å². The molecule has 0 aliphatic heterocycles. The summed E-state index contributed by atoms with van der Waals surface area (Å²) in [6, 6.07) is 8.38. The van der Waals surface area contributed by atoms with Crippen LogP contribution in [0.15, 0.2) is 48.9 Å². The maximum Gasteiger partial charge on any atom is 0.0696 e. The molecule has 100 valence electrons. The molecule has 0 N–H and O–H groups in total. The van der Waals surface area contributed by atoms with Crippen LogP contribution in [-0.4, -0.2) is 14.6 Å². The van der Waals surface area contributed by atoms with E-state index in [1.165, 1.54) is 22.3 Å². The van der Waals surface area contributed by atoms with Crippen molar-refractivity contribution in [2.75, 3.05) is 0 Å². The Labute approximate surface area is 118 Å². The molecule has 3 aromatic rings. The van der Waals surface area contributed by atoms with Gasteiger partial charge in [0.05, 0.1) is 11.7 Å². The Hall–Kier alpha value is -2.42. The molecule has 20 heavy (non-hydrogen) atoms. The van der Waals surface area contributed by atoms with E-state index in [1.54, 1.807) is 0 Å². The smallest absolute Gasteiger partial charge is 0.0696 e. The third kappa shape index (κ3) is 2.01. The molecule has 3 heterocycles. The number of rotatable bonds is 2. The van der Waals surface area contributed by atoms with Crippen molar-refractivity contribution in [3.8, 4) is 0 Å². The maximum absolute atomic E-state index is 4.38. The van der Waals surface area contributed by atoms with Crippen LogP contribution >= 0.6 is 0 Å². The van der Waals surface area contributed by atoms with Gasteiger partial charge < -0.3 is 0 Å². The van der Waals surface area contributed by atoms with Crippen molar-refractivity contribution < 1.29 is 0 Å². The van der Waals surface area contributed by atoms with Crippen molar-refractivity contribution in [2.24, 2.45) is 0 Å². The zero-order valence-electron chi connectivity index (χ0n) is 12.0. The fourth-order valence-electron chi connectivity index (χ4n) is 2.52. The summed E-state index contributed by atoms with van der Waals surface area (Å²) in [5, 5.41) is 4.32. The summed E-state index contributed by atoms with van der Waals surface area (Å²) in [5.41, 5.74) is 6.95. The maximum atomic E-state index is 4.38. The molecule has 0 fully saturated rings. The van der Waals surface area contributed by atoms with Gasteiger partial charge in [0, 0.05) is 23.7 Å². The monoisotopic (exact) mass is 263 g/mol. The van der Waals surface area contributed by atoms with Gasteiger partial charge in [-0.3, -0.25) is 4.98 Å². The summed E-state index contributed by atoms with van der Waals surface area (Å²) in [7, 11) is 0. The first-order valence-corrected chi connectivity index (χ1v) is 6.73. The largest absolute Gasteiger partial charge is 0.261 e. The molecule has 0 saturated heterocycles. The Morgan fingerprint density at radius 1 is 1.25 bits per heavy atom. The molecule has 0 saturated carbocycles. The molecule has 3 rings (SSSR count). The van der Waals surface area contributed by atoms with Crippen LogP contribution in [0.3, 0.4) is 0 Å². The second-order valence-electron chi connectivity index (χ2n) is 4.91. The number of aryl methyl sites for hydroxylation is 2. The fraction of sp³-hybridized carbons (Fsp3) is 0.176. The highest BCUT2D eigenvalue weighted by molar-refractivity contribution is 5.82. The molecule has 0 aliphatic rings. The highest BCUT2D eigenvalue weighted by atomic mass is 15.2. The van der Waals surface area contributed by atoms with Crippen LogP contribution in [0.25, 0.3) is 11.1 Å². The number of allylic oxidation sites excluding steroid dienone is 1. The molecule has 3 nitrogen and oxygen atoms in total. The quantitative estimate of drug-likeness (QED) is 0.704. The molecule has 0 bridgehead atoms. The standard InChI is InChI=1S/C17H17N3/c1-4-15(16-6-5-8-18-13(16)3)14-7-9-20-17(10-14)12(2)11-19-20/h4-11H,1-3H3/b15-4-. The van der Waals surface area contributed by atoms with Crippen LogP contribution in [0.1, 0.15) is 29.3 Å². The third-order valence-corrected chi connectivity index (χ3v) is 3.61. The van der Waals surface area contributed by atoms with Gasteiger partial charge in [0.2, 0.25) is 0 Å². The van der Waals surface area contributed by atoms with Gasteiger partial charge in [0.25, 0.3) is 0 Å². The Balaban J connectivity index is 2.17. The van der Waals surface area contributed by atoms with Crippen molar-refractivity contribution in [1.29, 1.82) is 0 Å². The summed E-state index contributed by atoms with van der Waals surface area (Å²) in [5.74, 6) is 0. The minimum Gasteiger partial charge on any atom is -0.261 e. The van der Waals surface area contributed by atoms with E-state index in [4.69, 9.17) is 0 Å². The van der Waals surface area contributed by atoms with E-state index in [2.05, 4.69) is 48.2 Å². The Morgan fingerprint density at radius 3 is 2.85 bits per heavy atom. The van der Waals surface area contributed by atoms with Crippen molar-refractivity contribution in [1.82, 2.24) is 14.6 Å². The van der Waals surface area contributed by atoms with Gasteiger partial charge in [-0.25, -0.2) is 4.52 Å². The first kappa shape index (κ1) is 12.6. The summed E-state index contributed by atoms with van der Waals surface area (Å²) in [4.78, 5) is 4.38. The lowest BCUT2D eigenvalue weighted by molar-refractivity contribution is 0.960. The van der Waals surface area contributed by atoms with E-state index >= 15 is 0 Å². The highest BCUT2D eigenvalue weighted by Crippen LogP contribution is 2.26. The van der Waals surface area contributed by atoms with Crippen LogP contribution in [0.4, 0.5) is 0 Å². The van der Waals surface area contributed by atoms with Gasteiger partial charge in [-0.05, 0) is 55.7 Å². The number of pyridine rings is 2. The molecule has 0 aromatic carbocycles. The highest BCUT2D eigenvalue weighted by Gasteiger charge is 2.09. The number of nitrogens with zero attached hydrogens (tertiary/aromatic N) is 3.